The summed E-state index contributed by atoms with van der Waals surface area (Å²) in [7, 11) is 3.09. The molecule has 1 aliphatic heterocycles. The van der Waals surface area contributed by atoms with Crippen molar-refractivity contribution >= 4 is 17.5 Å². The number of carbonyl (C=O) groups is 1. The summed E-state index contributed by atoms with van der Waals surface area (Å²) in [6.45, 7) is 0.974. The third-order valence-electron chi connectivity index (χ3n) is 3.30. The first-order valence-electron chi connectivity index (χ1n) is 6.21. The SMILES string of the molecule is COCCCN1C(=O)c2c(OC)ccc(Cl)c2C1C#N. The van der Waals surface area contributed by atoms with Gasteiger partial charge in [0.15, 0.2) is 0 Å². The van der Waals surface area contributed by atoms with Gasteiger partial charge in [0.1, 0.15) is 11.8 Å². The first-order chi connectivity index (χ1) is 9.65. The van der Waals surface area contributed by atoms with Gasteiger partial charge < -0.3 is 14.4 Å². The van der Waals surface area contributed by atoms with Crippen molar-refractivity contribution < 1.29 is 14.3 Å². The number of nitriles is 1. The number of carbonyl (C=O) groups excluding carboxylic acids is 1. The molecule has 5 nitrogen and oxygen atoms in total. The molecule has 0 bridgehead atoms. The van der Waals surface area contributed by atoms with Crippen LogP contribution in [0.2, 0.25) is 5.02 Å². The summed E-state index contributed by atoms with van der Waals surface area (Å²) in [6.07, 6.45) is 0.661. The van der Waals surface area contributed by atoms with Crippen LogP contribution >= 0.6 is 11.6 Å². The molecule has 1 amide bonds. The average molecular weight is 295 g/mol. The van der Waals surface area contributed by atoms with E-state index >= 15 is 0 Å². The number of hydrogen-bond acceptors (Lipinski definition) is 4. The Bertz CT molecular complexity index is 568. The van der Waals surface area contributed by atoms with Crippen molar-refractivity contribution in [3.05, 3.63) is 28.3 Å². The molecule has 6 heteroatoms. The van der Waals surface area contributed by atoms with Crippen LogP contribution in [0.5, 0.6) is 5.75 Å². The van der Waals surface area contributed by atoms with Crippen LogP contribution in [0.1, 0.15) is 28.4 Å². The van der Waals surface area contributed by atoms with Crippen LogP contribution in [0.15, 0.2) is 12.1 Å². The number of amides is 1. The summed E-state index contributed by atoms with van der Waals surface area (Å²) in [4.78, 5) is 14.0. The van der Waals surface area contributed by atoms with Gasteiger partial charge in [0.05, 0.1) is 18.7 Å². The van der Waals surface area contributed by atoms with Gasteiger partial charge in [-0.05, 0) is 18.6 Å². The molecule has 0 aliphatic carbocycles. The van der Waals surface area contributed by atoms with E-state index in [0.29, 0.717) is 41.5 Å². The predicted octanol–water partition coefficient (Wildman–Crippen LogP) is 2.41. The fraction of sp³-hybridized carbons (Fsp3) is 0.429. The fourth-order valence-corrected chi connectivity index (χ4v) is 2.65. The molecule has 0 radical (unpaired) electrons. The lowest BCUT2D eigenvalue weighted by Gasteiger charge is -2.19. The zero-order chi connectivity index (χ0) is 14.7. The minimum absolute atomic E-state index is 0.220. The van der Waals surface area contributed by atoms with E-state index in [2.05, 4.69) is 6.07 Å². The number of nitrogens with zero attached hydrogens (tertiary/aromatic N) is 2. The highest BCUT2D eigenvalue weighted by atomic mass is 35.5. The van der Waals surface area contributed by atoms with E-state index in [9.17, 15) is 10.1 Å². The Kier molecular flexibility index (Phi) is 4.48. The van der Waals surface area contributed by atoms with Gasteiger partial charge in [-0.1, -0.05) is 11.6 Å². The Hall–Kier alpha value is -1.77. The van der Waals surface area contributed by atoms with Gasteiger partial charge in [0, 0.05) is 30.8 Å². The molecule has 20 heavy (non-hydrogen) atoms. The molecule has 1 unspecified atom stereocenters. The summed E-state index contributed by atoms with van der Waals surface area (Å²) in [5, 5.41) is 9.78. The highest BCUT2D eigenvalue weighted by molar-refractivity contribution is 6.32. The van der Waals surface area contributed by atoms with Gasteiger partial charge in [-0.15, -0.1) is 0 Å². The van der Waals surface area contributed by atoms with Gasteiger partial charge >= 0.3 is 0 Å². The first-order valence-corrected chi connectivity index (χ1v) is 6.59. The Morgan fingerprint density at radius 2 is 2.20 bits per heavy atom. The molecule has 0 saturated carbocycles. The number of rotatable bonds is 5. The van der Waals surface area contributed by atoms with Crippen molar-refractivity contribution in [3.8, 4) is 11.8 Å². The van der Waals surface area contributed by atoms with Gasteiger partial charge in [-0.3, -0.25) is 4.79 Å². The smallest absolute Gasteiger partial charge is 0.259 e. The number of fused-ring (bicyclic) bond motifs is 1. The molecule has 0 saturated heterocycles. The third-order valence-corrected chi connectivity index (χ3v) is 3.63. The quantitative estimate of drug-likeness (QED) is 0.782. The Morgan fingerprint density at radius 3 is 2.80 bits per heavy atom. The van der Waals surface area contributed by atoms with Crippen LogP contribution < -0.4 is 4.74 Å². The second-order valence-corrected chi connectivity index (χ2v) is 4.82. The Labute approximate surface area is 122 Å². The molecule has 1 aromatic carbocycles. The van der Waals surface area contributed by atoms with Crippen molar-refractivity contribution in [1.82, 2.24) is 4.90 Å². The lowest BCUT2D eigenvalue weighted by molar-refractivity contribution is 0.0735. The van der Waals surface area contributed by atoms with Crippen LogP contribution in [0, 0.1) is 11.3 Å². The van der Waals surface area contributed by atoms with Crippen LogP contribution in [-0.2, 0) is 4.74 Å². The Balaban J connectivity index is 2.41. The topological polar surface area (TPSA) is 62.6 Å². The lowest BCUT2D eigenvalue weighted by atomic mass is 10.0. The number of halogens is 1. The molecule has 0 aromatic heterocycles. The van der Waals surface area contributed by atoms with Crippen molar-refractivity contribution in [1.29, 1.82) is 5.26 Å². The molecule has 106 valence electrons. The minimum Gasteiger partial charge on any atom is -0.496 e. The second-order valence-electron chi connectivity index (χ2n) is 4.41. The van der Waals surface area contributed by atoms with Crippen LogP contribution in [-0.4, -0.2) is 38.2 Å². The standard InChI is InChI=1S/C14H15ClN2O3/c1-19-7-3-6-17-10(8-16)12-9(15)4-5-11(20-2)13(12)14(17)18/h4-5,10H,3,6-7H2,1-2H3. The molecule has 0 N–H and O–H groups in total. The largest absolute Gasteiger partial charge is 0.496 e. The van der Waals surface area contributed by atoms with Gasteiger partial charge in [0.2, 0.25) is 0 Å². The molecule has 1 aromatic rings. The highest BCUT2D eigenvalue weighted by Crippen LogP contribution is 2.42. The molecular formula is C14H15ClN2O3. The normalized spacial score (nSPS) is 17.0. The van der Waals surface area contributed by atoms with Crippen molar-refractivity contribution in [2.75, 3.05) is 27.4 Å². The monoisotopic (exact) mass is 294 g/mol. The van der Waals surface area contributed by atoms with Crippen molar-refractivity contribution in [2.24, 2.45) is 0 Å². The summed E-state index contributed by atoms with van der Waals surface area (Å²) in [6, 6.07) is 4.77. The predicted molar refractivity (Wildman–Crippen MR) is 73.9 cm³/mol. The summed E-state index contributed by atoms with van der Waals surface area (Å²) >= 11 is 6.15. The zero-order valence-electron chi connectivity index (χ0n) is 11.4. The average Bonchev–Trinajstić information content (AvgIpc) is 2.74. The Morgan fingerprint density at radius 1 is 1.45 bits per heavy atom. The molecule has 1 heterocycles. The maximum atomic E-state index is 12.5. The zero-order valence-corrected chi connectivity index (χ0v) is 12.1. The molecule has 0 spiro atoms. The molecule has 2 rings (SSSR count). The van der Waals surface area contributed by atoms with Crippen LogP contribution in [0.25, 0.3) is 0 Å². The minimum atomic E-state index is -0.669. The first kappa shape index (κ1) is 14.6. The number of methoxy groups -OCH3 is 2. The van der Waals surface area contributed by atoms with Crippen molar-refractivity contribution in [2.45, 2.75) is 12.5 Å². The second kappa shape index (κ2) is 6.12. The highest BCUT2D eigenvalue weighted by Gasteiger charge is 2.40. The van der Waals surface area contributed by atoms with Gasteiger partial charge in [0.25, 0.3) is 5.91 Å². The maximum absolute atomic E-state index is 12.5. The van der Waals surface area contributed by atoms with E-state index in [1.165, 1.54) is 12.0 Å². The summed E-state index contributed by atoms with van der Waals surface area (Å²) < 4.78 is 10.2. The van der Waals surface area contributed by atoms with Gasteiger partial charge in [-0.25, -0.2) is 0 Å². The fourth-order valence-electron chi connectivity index (χ4n) is 2.39. The number of benzene rings is 1. The van der Waals surface area contributed by atoms with Crippen molar-refractivity contribution in [3.63, 3.8) is 0 Å². The molecule has 1 atom stereocenters. The van der Waals surface area contributed by atoms with E-state index in [4.69, 9.17) is 21.1 Å². The summed E-state index contributed by atoms with van der Waals surface area (Å²) in [5.41, 5.74) is 0.930. The van der Waals surface area contributed by atoms with Crippen LogP contribution in [0.3, 0.4) is 0 Å². The lowest BCUT2D eigenvalue weighted by Crippen LogP contribution is -2.29. The van der Waals surface area contributed by atoms with E-state index in [0.717, 1.165) is 0 Å². The van der Waals surface area contributed by atoms with Crippen LogP contribution in [0.4, 0.5) is 0 Å². The van der Waals surface area contributed by atoms with Gasteiger partial charge in [-0.2, -0.15) is 5.26 Å². The summed E-state index contributed by atoms with van der Waals surface area (Å²) in [5.74, 6) is 0.228. The van der Waals surface area contributed by atoms with E-state index in [1.807, 2.05) is 0 Å². The molecular weight excluding hydrogens is 280 g/mol. The number of hydrogen-bond donors (Lipinski definition) is 0. The molecule has 0 fully saturated rings. The van der Waals surface area contributed by atoms with E-state index < -0.39 is 6.04 Å². The van der Waals surface area contributed by atoms with E-state index in [1.54, 1.807) is 19.2 Å². The maximum Gasteiger partial charge on any atom is 0.259 e. The number of ether oxygens (including phenoxy) is 2. The molecule has 1 aliphatic rings. The van der Waals surface area contributed by atoms with E-state index in [-0.39, 0.29) is 5.91 Å². The third kappa shape index (κ3) is 2.33.